The van der Waals surface area contributed by atoms with Gasteiger partial charge >= 0.3 is 5.97 Å². The molecule has 3 N–H and O–H groups in total. The summed E-state index contributed by atoms with van der Waals surface area (Å²) in [5, 5.41) is 30.3. The first-order chi connectivity index (χ1) is 12.9. The largest absolute Gasteiger partial charge is 0.504 e. The van der Waals surface area contributed by atoms with Crippen LogP contribution in [0.25, 0.3) is 0 Å². The van der Waals surface area contributed by atoms with Crippen LogP contribution in [0.3, 0.4) is 0 Å². The molecular weight excluding hydrogens is 352 g/mol. The van der Waals surface area contributed by atoms with Crippen molar-refractivity contribution in [3.05, 3.63) is 47.5 Å². The number of hydrogen-bond donors (Lipinski definition) is 3. The maximum atomic E-state index is 12.2. The lowest BCUT2D eigenvalue weighted by molar-refractivity contribution is -0.141. The molecule has 1 aliphatic rings. The SMILES string of the molecule is COc1cc(C[C@@H]2C(=O)OC[C@@H]2[C@@H](O)c2ccc(O)c(OC)c2)ccc1O. The van der Waals surface area contributed by atoms with Gasteiger partial charge in [0.25, 0.3) is 0 Å². The molecule has 0 radical (unpaired) electrons. The lowest BCUT2D eigenvalue weighted by atomic mass is 9.83. The molecule has 7 nitrogen and oxygen atoms in total. The number of cyclic esters (lactones) is 1. The van der Waals surface area contributed by atoms with Crippen molar-refractivity contribution in [2.24, 2.45) is 11.8 Å². The summed E-state index contributed by atoms with van der Waals surface area (Å²) in [6.07, 6.45) is -0.623. The van der Waals surface area contributed by atoms with Crippen molar-refractivity contribution in [1.29, 1.82) is 0 Å². The van der Waals surface area contributed by atoms with Crippen LogP contribution in [0.2, 0.25) is 0 Å². The highest BCUT2D eigenvalue weighted by Gasteiger charge is 2.41. The number of carbonyl (C=O) groups excluding carboxylic acids is 1. The van der Waals surface area contributed by atoms with E-state index < -0.39 is 17.9 Å². The van der Waals surface area contributed by atoms with Crippen LogP contribution < -0.4 is 9.47 Å². The highest BCUT2D eigenvalue weighted by Crippen LogP contribution is 2.39. The molecule has 3 atom stereocenters. The van der Waals surface area contributed by atoms with Crippen LogP contribution in [0, 0.1) is 11.8 Å². The Morgan fingerprint density at radius 3 is 2.37 bits per heavy atom. The lowest BCUT2D eigenvalue weighted by Gasteiger charge is -2.22. The zero-order chi connectivity index (χ0) is 19.6. The fourth-order valence-electron chi connectivity index (χ4n) is 3.35. The molecule has 0 aliphatic carbocycles. The second kappa shape index (κ2) is 7.75. The molecule has 1 heterocycles. The Hall–Kier alpha value is -2.93. The number of aliphatic hydroxyl groups excluding tert-OH is 1. The van der Waals surface area contributed by atoms with Crippen molar-refractivity contribution in [3.63, 3.8) is 0 Å². The minimum absolute atomic E-state index is 0.0167. The van der Waals surface area contributed by atoms with Crippen LogP contribution >= 0.6 is 0 Å². The van der Waals surface area contributed by atoms with Crippen LogP contribution in [0.1, 0.15) is 17.2 Å². The maximum absolute atomic E-state index is 12.2. The predicted octanol–water partition coefficient (Wildman–Crippen LogP) is 2.18. The number of ether oxygens (including phenoxy) is 3. The number of benzene rings is 2. The van der Waals surface area contributed by atoms with Crippen molar-refractivity contribution in [2.45, 2.75) is 12.5 Å². The molecule has 0 amide bonds. The van der Waals surface area contributed by atoms with Gasteiger partial charge in [-0.2, -0.15) is 0 Å². The van der Waals surface area contributed by atoms with E-state index in [1.807, 2.05) is 0 Å². The molecule has 1 fully saturated rings. The molecule has 0 aromatic heterocycles. The van der Waals surface area contributed by atoms with Gasteiger partial charge in [0, 0.05) is 5.92 Å². The normalized spacial score (nSPS) is 20.2. The van der Waals surface area contributed by atoms with Crippen molar-refractivity contribution >= 4 is 5.97 Å². The number of phenolic OH excluding ortho intramolecular Hbond substituents is 2. The molecule has 0 spiro atoms. The number of hydrogen-bond acceptors (Lipinski definition) is 7. The quantitative estimate of drug-likeness (QED) is 0.666. The first-order valence-corrected chi connectivity index (χ1v) is 8.52. The summed E-state index contributed by atoms with van der Waals surface area (Å²) in [6.45, 7) is 0.100. The molecule has 0 unspecified atom stereocenters. The summed E-state index contributed by atoms with van der Waals surface area (Å²) >= 11 is 0. The van der Waals surface area contributed by atoms with E-state index in [0.717, 1.165) is 5.56 Å². The van der Waals surface area contributed by atoms with Gasteiger partial charge in [-0.25, -0.2) is 0 Å². The third kappa shape index (κ3) is 3.78. The number of methoxy groups -OCH3 is 2. The van der Waals surface area contributed by atoms with Gasteiger partial charge in [0.05, 0.1) is 32.8 Å². The Labute approximate surface area is 156 Å². The van der Waals surface area contributed by atoms with Crippen LogP contribution in [-0.2, 0) is 16.0 Å². The third-order valence-electron chi connectivity index (χ3n) is 4.89. The fraction of sp³-hybridized carbons (Fsp3) is 0.350. The molecule has 0 saturated carbocycles. The topological polar surface area (TPSA) is 105 Å². The highest BCUT2D eigenvalue weighted by molar-refractivity contribution is 5.75. The Bertz CT molecular complexity index is 833. The number of carbonyl (C=O) groups is 1. The van der Waals surface area contributed by atoms with Gasteiger partial charge in [-0.05, 0) is 41.8 Å². The minimum atomic E-state index is -0.963. The second-order valence-electron chi connectivity index (χ2n) is 6.49. The summed E-state index contributed by atoms with van der Waals surface area (Å²) in [4.78, 5) is 12.2. The molecule has 7 heteroatoms. The number of aliphatic hydroxyl groups is 1. The van der Waals surface area contributed by atoms with Gasteiger partial charge in [0.2, 0.25) is 0 Å². The number of rotatable bonds is 6. The Morgan fingerprint density at radius 1 is 1.07 bits per heavy atom. The smallest absolute Gasteiger partial charge is 0.309 e. The lowest BCUT2D eigenvalue weighted by Crippen LogP contribution is -2.24. The summed E-state index contributed by atoms with van der Waals surface area (Å²) in [5.74, 6) is -0.823. The van der Waals surface area contributed by atoms with E-state index >= 15 is 0 Å². The predicted molar refractivity (Wildman–Crippen MR) is 95.9 cm³/mol. The molecule has 1 saturated heterocycles. The van der Waals surface area contributed by atoms with Crippen LogP contribution in [-0.4, -0.2) is 42.1 Å². The Kier molecular flexibility index (Phi) is 5.41. The molecule has 144 valence electrons. The van der Waals surface area contributed by atoms with E-state index in [1.165, 1.54) is 26.4 Å². The van der Waals surface area contributed by atoms with Crippen LogP contribution in [0.4, 0.5) is 0 Å². The van der Waals surface area contributed by atoms with E-state index in [1.54, 1.807) is 24.3 Å². The molecule has 0 bridgehead atoms. The van der Waals surface area contributed by atoms with Crippen molar-refractivity contribution in [1.82, 2.24) is 0 Å². The van der Waals surface area contributed by atoms with E-state index in [0.29, 0.717) is 17.7 Å². The number of esters is 1. The molecular formula is C20H22O7. The van der Waals surface area contributed by atoms with Gasteiger partial charge in [-0.1, -0.05) is 12.1 Å². The molecule has 27 heavy (non-hydrogen) atoms. The number of phenols is 2. The van der Waals surface area contributed by atoms with Gasteiger partial charge in [-0.3, -0.25) is 4.79 Å². The van der Waals surface area contributed by atoms with Crippen molar-refractivity contribution < 1.29 is 34.3 Å². The molecule has 3 rings (SSSR count). The van der Waals surface area contributed by atoms with E-state index in [-0.39, 0.29) is 29.8 Å². The van der Waals surface area contributed by atoms with E-state index in [4.69, 9.17) is 14.2 Å². The van der Waals surface area contributed by atoms with E-state index in [2.05, 4.69) is 0 Å². The monoisotopic (exact) mass is 374 g/mol. The number of aromatic hydroxyl groups is 2. The zero-order valence-corrected chi connectivity index (χ0v) is 15.1. The van der Waals surface area contributed by atoms with Crippen molar-refractivity contribution in [2.75, 3.05) is 20.8 Å². The first kappa shape index (κ1) is 18.8. The van der Waals surface area contributed by atoms with Gasteiger partial charge in [-0.15, -0.1) is 0 Å². The van der Waals surface area contributed by atoms with Crippen LogP contribution in [0.5, 0.6) is 23.0 Å². The average Bonchev–Trinajstić information content (AvgIpc) is 3.03. The van der Waals surface area contributed by atoms with Gasteiger partial charge in [0.1, 0.15) is 0 Å². The molecule has 2 aromatic rings. The average molecular weight is 374 g/mol. The van der Waals surface area contributed by atoms with Crippen molar-refractivity contribution in [3.8, 4) is 23.0 Å². The highest BCUT2D eigenvalue weighted by atomic mass is 16.5. The maximum Gasteiger partial charge on any atom is 0.309 e. The zero-order valence-electron chi connectivity index (χ0n) is 15.1. The van der Waals surface area contributed by atoms with E-state index in [9.17, 15) is 20.1 Å². The molecule has 1 aliphatic heterocycles. The van der Waals surface area contributed by atoms with Crippen LogP contribution in [0.15, 0.2) is 36.4 Å². The minimum Gasteiger partial charge on any atom is -0.504 e. The second-order valence-corrected chi connectivity index (χ2v) is 6.49. The fourth-order valence-corrected chi connectivity index (χ4v) is 3.35. The summed E-state index contributed by atoms with van der Waals surface area (Å²) in [6, 6.07) is 9.44. The summed E-state index contributed by atoms with van der Waals surface area (Å²) in [5.41, 5.74) is 1.32. The molecule has 2 aromatic carbocycles. The standard InChI is InChI=1S/C20H22O7/c1-25-17-8-11(3-5-15(17)21)7-13-14(10-27-20(13)24)19(23)12-4-6-16(22)18(9-12)26-2/h3-6,8-9,13-14,19,21-23H,7,10H2,1-2H3/t13-,14-,19-/m0/s1. The first-order valence-electron chi connectivity index (χ1n) is 8.52. The third-order valence-corrected chi connectivity index (χ3v) is 4.89. The Balaban J connectivity index is 1.83. The summed E-state index contributed by atoms with van der Waals surface area (Å²) in [7, 11) is 2.88. The summed E-state index contributed by atoms with van der Waals surface area (Å²) < 4.78 is 15.4. The van der Waals surface area contributed by atoms with Gasteiger partial charge < -0.3 is 29.5 Å². The van der Waals surface area contributed by atoms with Gasteiger partial charge in [0.15, 0.2) is 23.0 Å². The Morgan fingerprint density at radius 2 is 1.70 bits per heavy atom.